The van der Waals surface area contributed by atoms with Crippen molar-refractivity contribution in [1.29, 1.82) is 0 Å². The number of hydrogen-bond donors (Lipinski definition) is 1. The zero-order valence-corrected chi connectivity index (χ0v) is 22.4. The lowest BCUT2D eigenvalue weighted by atomic mass is 9.91. The molecule has 1 atom stereocenters. The van der Waals surface area contributed by atoms with E-state index in [1.54, 1.807) is 37.9 Å². The maximum Gasteiger partial charge on any atom is 0.413 e. The first-order chi connectivity index (χ1) is 17.4. The Kier molecular flexibility index (Phi) is 7.34. The van der Waals surface area contributed by atoms with Crippen molar-refractivity contribution in [2.24, 2.45) is 0 Å². The fraction of sp³-hybridized carbons (Fsp3) is 0.464. The van der Waals surface area contributed by atoms with Crippen molar-refractivity contribution < 1.29 is 19.1 Å². The number of aromatic nitrogens is 3. The Morgan fingerprint density at radius 2 is 1.65 bits per heavy atom. The highest BCUT2D eigenvalue weighted by Crippen LogP contribution is 2.34. The number of pyridine rings is 1. The molecule has 1 saturated heterocycles. The van der Waals surface area contributed by atoms with E-state index >= 15 is 0 Å². The number of benzene rings is 1. The van der Waals surface area contributed by atoms with Gasteiger partial charge < -0.3 is 14.4 Å². The van der Waals surface area contributed by atoms with Crippen molar-refractivity contribution in [3.63, 3.8) is 0 Å². The Hall–Kier alpha value is -3.75. The number of anilines is 1. The lowest BCUT2D eigenvalue weighted by Gasteiger charge is -2.34. The third kappa shape index (κ3) is 6.93. The molecule has 0 aliphatic carbocycles. The average Bonchev–Trinajstić information content (AvgIpc) is 2.81. The van der Waals surface area contributed by atoms with Gasteiger partial charge in [0.15, 0.2) is 0 Å². The molecule has 1 aliphatic heterocycles. The Morgan fingerprint density at radius 3 is 2.32 bits per heavy atom. The first kappa shape index (κ1) is 26.3. The molecule has 0 radical (unpaired) electrons. The lowest BCUT2D eigenvalue weighted by Crippen LogP contribution is -2.42. The molecule has 4 rings (SSSR count). The molecule has 3 aromatic rings. The summed E-state index contributed by atoms with van der Waals surface area (Å²) >= 11 is 0. The van der Waals surface area contributed by atoms with Gasteiger partial charge in [-0.25, -0.2) is 24.5 Å². The second-order valence-electron chi connectivity index (χ2n) is 11.3. The van der Waals surface area contributed by atoms with Gasteiger partial charge in [0.05, 0.1) is 22.4 Å². The lowest BCUT2D eigenvalue weighted by molar-refractivity contribution is 0.0197. The van der Waals surface area contributed by atoms with E-state index in [2.05, 4.69) is 10.3 Å². The van der Waals surface area contributed by atoms with Crippen molar-refractivity contribution in [3.8, 4) is 11.3 Å². The predicted molar refractivity (Wildman–Crippen MR) is 142 cm³/mol. The number of nitrogens with one attached hydrogen (secondary N) is 1. The van der Waals surface area contributed by atoms with Crippen LogP contribution in [0.25, 0.3) is 22.3 Å². The van der Waals surface area contributed by atoms with Crippen LogP contribution in [-0.2, 0) is 9.47 Å². The molecule has 37 heavy (non-hydrogen) atoms. The summed E-state index contributed by atoms with van der Waals surface area (Å²) in [4.78, 5) is 41.1. The van der Waals surface area contributed by atoms with Crippen LogP contribution in [0.4, 0.5) is 15.4 Å². The fourth-order valence-electron chi connectivity index (χ4n) is 4.26. The average molecular weight is 506 g/mol. The first-order valence-corrected chi connectivity index (χ1v) is 12.6. The minimum Gasteiger partial charge on any atom is -0.444 e. The molecule has 2 amide bonds. The van der Waals surface area contributed by atoms with Crippen LogP contribution in [-0.4, -0.2) is 56.3 Å². The standard InChI is InChI=1S/C28H35N5O4/c1-27(2,3)36-25(34)32-22-16-18(13-14-29-22)23-24(31-21-12-8-7-11-20(21)30-23)19-10-9-15-33(17-19)26(35)37-28(4,5)6/h7-8,11-14,16,19H,9-10,15,17H2,1-6H3,(H,29,32,34). The van der Waals surface area contributed by atoms with Crippen LogP contribution in [0, 0.1) is 0 Å². The summed E-state index contributed by atoms with van der Waals surface area (Å²) in [7, 11) is 0. The Balaban J connectivity index is 1.69. The van der Waals surface area contributed by atoms with Crippen LogP contribution in [0.1, 0.15) is 66.0 Å². The topological polar surface area (TPSA) is 107 Å². The maximum atomic E-state index is 12.8. The largest absolute Gasteiger partial charge is 0.444 e. The quantitative estimate of drug-likeness (QED) is 0.455. The van der Waals surface area contributed by atoms with Gasteiger partial charge in [-0.3, -0.25) is 5.32 Å². The smallest absolute Gasteiger partial charge is 0.413 e. The number of carbonyl (C=O) groups is 2. The van der Waals surface area contributed by atoms with Crippen molar-refractivity contribution >= 4 is 29.0 Å². The summed E-state index contributed by atoms with van der Waals surface area (Å²) in [5.41, 5.74) is 2.64. The van der Waals surface area contributed by atoms with E-state index < -0.39 is 17.3 Å². The molecule has 0 saturated carbocycles. The number of hydrogen-bond acceptors (Lipinski definition) is 7. The first-order valence-electron chi connectivity index (χ1n) is 12.6. The molecule has 196 valence electrons. The second-order valence-corrected chi connectivity index (χ2v) is 11.3. The molecule has 1 fully saturated rings. The number of rotatable bonds is 3. The summed E-state index contributed by atoms with van der Waals surface area (Å²) in [5, 5.41) is 2.70. The van der Waals surface area contributed by atoms with Crippen molar-refractivity contribution in [2.45, 2.75) is 71.5 Å². The van der Waals surface area contributed by atoms with Gasteiger partial charge in [-0.15, -0.1) is 0 Å². The van der Waals surface area contributed by atoms with E-state index in [0.29, 0.717) is 24.6 Å². The molecule has 9 heteroatoms. The number of amides is 2. The summed E-state index contributed by atoms with van der Waals surface area (Å²) in [6.07, 6.45) is 2.42. The molecule has 3 heterocycles. The highest BCUT2D eigenvalue weighted by molar-refractivity contribution is 5.85. The van der Waals surface area contributed by atoms with Gasteiger partial charge in [-0.05, 0) is 78.6 Å². The number of ether oxygens (including phenoxy) is 2. The number of para-hydroxylation sites is 2. The summed E-state index contributed by atoms with van der Waals surface area (Å²) < 4.78 is 11.0. The zero-order valence-electron chi connectivity index (χ0n) is 22.4. The van der Waals surface area contributed by atoms with Crippen molar-refractivity contribution in [2.75, 3.05) is 18.4 Å². The third-order valence-electron chi connectivity index (χ3n) is 5.72. The molecular weight excluding hydrogens is 470 g/mol. The van der Waals surface area contributed by atoms with E-state index in [4.69, 9.17) is 19.4 Å². The molecule has 1 N–H and O–H groups in total. The van der Waals surface area contributed by atoms with E-state index in [0.717, 1.165) is 35.1 Å². The fourth-order valence-corrected chi connectivity index (χ4v) is 4.26. The molecule has 2 aromatic heterocycles. The van der Waals surface area contributed by atoms with Crippen molar-refractivity contribution in [1.82, 2.24) is 19.9 Å². The van der Waals surface area contributed by atoms with Crippen LogP contribution >= 0.6 is 0 Å². The molecule has 1 aromatic carbocycles. The van der Waals surface area contributed by atoms with Crippen LogP contribution in [0.5, 0.6) is 0 Å². The Bertz CT molecular complexity index is 1300. The highest BCUT2D eigenvalue weighted by Gasteiger charge is 2.31. The summed E-state index contributed by atoms with van der Waals surface area (Å²) in [6, 6.07) is 11.3. The van der Waals surface area contributed by atoms with Crippen LogP contribution in [0.2, 0.25) is 0 Å². The van der Waals surface area contributed by atoms with Gasteiger partial charge in [0.1, 0.15) is 17.0 Å². The number of fused-ring (bicyclic) bond motifs is 1. The summed E-state index contributed by atoms with van der Waals surface area (Å²) in [5.74, 6) is 0.329. The monoisotopic (exact) mass is 505 g/mol. The van der Waals surface area contributed by atoms with Gasteiger partial charge in [0.25, 0.3) is 0 Å². The van der Waals surface area contributed by atoms with Crippen LogP contribution in [0.15, 0.2) is 42.6 Å². The predicted octanol–water partition coefficient (Wildman–Crippen LogP) is 6.15. The molecule has 1 unspecified atom stereocenters. The molecule has 0 spiro atoms. The molecular formula is C28H35N5O4. The van der Waals surface area contributed by atoms with Crippen LogP contribution in [0.3, 0.4) is 0 Å². The van der Waals surface area contributed by atoms with Crippen molar-refractivity contribution in [3.05, 3.63) is 48.3 Å². The number of nitrogens with zero attached hydrogens (tertiary/aromatic N) is 4. The normalized spacial score (nSPS) is 16.4. The maximum absolute atomic E-state index is 12.8. The third-order valence-corrected chi connectivity index (χ3v) is 5.72. The Labute approximate surface area is 217 Å². The molecule has 9 nitrogen and oxygen atoms in total. The van der Waals surface area contributed by atoms with Gasteiger partial charge in [0.2, 0.25) is 0 Å². The number of carbonyl (C=O) groups excluding carboxylic acids is 2. The van der Waals surface area contributed by atoms with E-state index in [9.17, 15) is 9.59 Å². The minimum absolute atomic E-state index is 0.0243. The van der Waals surface area contributed by atoms with E-state index in [1.165, 1.54) is 0 Å². The minimum atomic E-state index is -0.625. The van der Waals surface area contributed by atoms with Gasteiger partial charge in [-0.2, -0.15) is 0 Å². The highest BCUT2D eigenvalue weighted by atomic mass is 16.6. The van der Waals surface area contributed by atoms with E-state index in [-0.39, 0.29) is 12.0 Å². The second kappa shape index (κ2) is 10.3. The van der Waals surface area contributed by atoms with Gasteiger partial charge in [-0.1, -0.05) is 12.1 Å². The van der Waals surface area contributed by atoms with E-state index in [1.807, 2.05) is 51.1 Å². The number of likely N-dealkylation sites (tertiary alicyclic amines) is 1. The molecule has 0 bridgehead atoms. The van der Waals surface area contributed by atoms with Crippen LogP contribution < -0.4 is 5.32 Å². The SMILES string of the molecule is CC(C)(C)OC(=O)Nc1cc(-c2nc3ccccc3nc2C2CCCN(C(=O)OC(C)(C)C)C2)ccn1. The zero-order chi connectivity index (χ0) is 26.8. The Morgan fingerprint density at radius 1 is 0.973 bits per heavy atom. The van der Waals surface area contributed by atoms with Gasteiger partial charge in [0, 0.05) is 30.8 Å². The summed E-state index contributed by atoms with van der Waals surface area (Å²) in [6.45, 7) is 12.1. The molecule has 1 aliphatic rings. The number of piperidine rings is 1. The van der Waals surface area contributed by atoms with Gasteiger partial charge >= 0.3 is 12.2 Å².